The molecular formula is C21H23N5O2. The molecule has 3 aromatic rings. The Labute approximate surface area is 163 Å². The van der Waals surface area contributed by atoms with Crippen molar-refractivity contribution in [2.24, 2.45) is 0 Å². The number of likely N-dealkylation sites (tertiary alicyclic amines) is 1. The van der Waals surface area contributed by atoms with E-state index in [4.69, 9.17) is 0 Å². The number of aromatic nitrogens is 3. The highest BCUT2D eigenvalue weighted by Gasteiger charge is 2.24. The molecule has 2 amide bonds. The Kier molecular flexibility index (Phi) is 5.32. The average molecular weight is 377 g/mol. The van der Waals surface area contributed by atoms with Crippen LogP contribution in [0.25, 0.3) is 10.8 Å². The van der Waals surface area contributed by atoms with Gasteiger partial charge in [-0.25, -0.2) is 9.67 Å². The van der Waals surface area contributed by atoms with E-state index in [9.17, 15) is 9.59 Å². The van der Waals surface area contributed by atoms with Gasteiger partial charge in [-0.05, 0) is 35.7 Å². The molecule has 0 unspecified atom stereocenters. The molecule has 0 aliphatic carbocycles. The lowest BCUT2D eigenvalue weighted by atomic mass is 10.0. The van der Waals surface area contributed by atoms with Crippen LogP contribution >= 0.6 is 0 Å². The van der Waals surface area contributed by atoms with Gasteiger partial charge in [0.15, 0.2) is 0 Å². The first-order chi connectivity index (χ1) is 13.7. The van der Waals surface area contributed by atoms with E-state index < -0.39 is 0 Å². The van der Waals surface area contributed by atoms with E-state index in [1.54, 1.807) is 6.33 Å². The van der Waals surface area contributed by atoms with Gasteiger partial charge in [0.2, 0.25) is 5.91 Å². The molecule has 1 aliphatic heterocycles. The summed E-state index contributed by atoms with van der Waals surface area (Å²) in [7, 11) is 0. The maximum Gasteiger partial charge on any atom is 0.251 e. The van der Waals surface area contributed by atoms with Crippen molar-refractivity contribution in [2.75, 3.05) is 19.6 Å². The van der Waals surface area contributed by atoms with Crippen LogP contribution in [0.1, 0.15) is 35.7 Å². The van der Waals surface area contributed by atoms with Crippen LogP contribution in [0.3, 0.4) is 0 Å². The van der Waals surface area contributed by atoms with Crippen molar-refractivity contribution in [3.05, 3.63) is 60.7 Å². The Morgan fingerprint density at radius 3 is 2.61 bits per heavy atom. The molecule has 1 aliphatic rings. The van der Waals surface area contributed by atoms with Crippen molar-refractivity contribution < 1.29 is 9.59 Å². The van der Waals surface area contributed by atoms with Crippen molar-refractivity contribution in [1.82, 2.24) is 25.0 Å². The van der Waals surface area contributed by atoms with Gasteiger partial charge >= 0.3 is 0 Å². The van der Waals surface area contributed by atoms with Crippen molar-refractivity contribution in [1.29, 1.82) is 0 Å². The second-order valence-corrected chi connectivity index (χ2v) is 7.06. The minimum atomic E-state index is -0.150. The lowest BCUT2D eigenvalue weighted by molar-refractivity contribution is -0.132. The summed E-state index contributed by atoms with van der Waals surface area (Å²) in [6.45, 7) is 1.76. The predicted octanol–water partition coefficient (Wildman–Crippen LogP) is 2.41. The first kappa shape index (κ1) is 18.2. The molecule has 144 valence electrons. The number of carbonyl (C=O) groups is 2. The summed E-state index contributed by atoms with van der Waals surface area (Å²) < 4.78 is 1.87. The molecule has 2 heterocycles. The molecule has 0 bridgehead atoms. The molecule has 28 heavy (non-hydrogen) atoms. The van der Waals surface area contributed by atoms with E-state index in [1.807, 2.05) is 52.0 Å². The van der Waals surface area contributed by atoms with Gasteiger partial charge in [0.05, 0.1) is 6.04 Å². The van der Waals surface area contributed by atoms with Crippen molar-refractivity contribution in [2.45, 2.75) is 25.3 Å². The number of amides is 2. The molecular weight excluding hydrogens is 354 g/mol. The first-order valence-corrected chi connectivity index (χ1v) is 9.59. The zero-order valence-electron chi connectivity index (χ0n) is 15.6. The number of piperidine rings is 1. The Bertz CT molecular complexity index is 962. The van der Waals surface area contributed by atoms with Gasteiger partial charge in [-0.2, -0.15) is 5.10 Å². The Hall–Kier alpha value is -3.22. The zero-order valence-corrected chi connectivity index (χ0v) is 15.6. The summed E-state index contributed by atoms with van der Waals surface area (Å²) in [5, 5.41) is 9.17. The lowest BCUT2D eigenvalue weighted by Crippen LogP contribution is -2.40. The maximum absolute atomic E-state index is 12.4. The molecule has 2 aromatic carbocycles. The summed E-state index contributed by atoms with van der Waals surface area (Å²) in [5.74, 6) is -0.0701. The van der Waals surface area contributed by atoms with E-state index in [0.29, 0.717) is 37.7 Å². The molecule has 7 nitrogen and oxygen atoms in total. The van der Waals surface area contributed by atoms with Crippen molar-refractivity contribution in [3.8, 4) is 0 Å². The number of rotatable bonds is 5. The molecule has 0 radical (unpaired) electrons. The van der Waals surface area contributed by atoms with E-state index in [-0.39, 0.29) is 11.8 Å². The highest BCUT2D eigenvalue weighted by Crippen LogP contribution is 2.21. The number of fused-ring (bicyclic) bond motifs is 1. The predicted molar refractivity (Wildman–Crippen MR) is 106 cm³/mol. The highest BCUT2D eigenvalue weighted by atomic mass is 16.2. The fourth-order valence-electron chi connectivity index (χ4n) is 3.66. The van der Waals surface area contributed by atoms with Crippen molar-refractivity contribution >= 4 is 22.6 Å². The van der Waals surface area contributed by atoms with E-state index in [2.05, 4.69) is 15.4 Å². The maximum atomic E-state index is 12.4. The second kappa shape index (κ2) is 8.21. The molecule has 7 heteroatoms. The van der Waals surface area contributed by atoms with E-state index in [0.717, 1.165) is 23.6 Å². The Morgan fingerprint density at radius 2 is 1.86 bits per heavy atom. The number of hydrogen-bond acceptors (Lipinski definition) is 4. The number of nitrogens with zero attached hydrogens (tertiary/aromatic N) is 4. The summed E-state index contributed by atoms with van der Waals surface area (Å²) in [6, 6.07) is 13.9. The Morgan fingerprint density at radius 1 is 1.07 bits per heavy atom. The van der Waals surface area contributed by atoms with Gasteiger partial charge in [-0.15, -0.1) is 0 Å². The molecule has 1 aromatic heterocycles. The van der Waals surface area contributed by atoms with Crippen LogP contribution in [-0.4, -0.2) is 51.1 Å². The lowest BCUT2D eigenvalue weighted by Gasteiger charge is -2.32. The zero-order chi connectivity index (χ0) is 19.3. The third-order valence-electron chi connectivity index (χ3n) is 5.26. The van der Waals surface area contributed by atoms with Crippen LogP contribution < -0.4 is 5.32 Å². The SMILES string of the molecule is O=C(NCCC(=O)N1CCC(n2cncn2)CC1)c1ccc2ccccc2c1. The molecule has 0 atom stereocenters. The quantitative estimate of drug-likeness (QED) is 0.740. The summed E-state index contributed by atoms with van der Waals surface area (Å²) in [6.07, 6.45) is 5.32. The second-order valence-electron chi connectivity index (χ2n) is 7.06. The van der Waals surface area contributed by atoms with Crippen LogP contribution in [0, 0.1) is 0 Å². The van der Waals surface area contributed by atoms with Gasteiger partial charge in [-0.3, -0.25) is 9.59 Å². The fraction of sp³-hybridized carbons (Fsp3) is 0.333. The topological polar surface area (TPSA) is 80.1 Å². The molecule has 1 saturated heterocycles. The molecule has 4 rings (SSSR count). The summed E-state index contributed by atoms with van der Waals surface area (Å²) in [4.78, 5) is 30.6. The van der Waals surface area contributed by atoms with Crippen LogP contribution in [0.15, 0.2) is 55.1 Å². The summed E-state index contributed by atoms with van der Waals surface area (Å²) >= 11 is 0. The van der Waals surface area contributed by atoms with Crippen LogP contribution in [-0.2, 0) is 4.79 Å². The number of hydrogen-bond donors (Lipinski definition) is 1. The standard InChI is InChI=1S/C21H23N5O2/c27-20(25-11-8-19(9-12-25)26-15-22-14-24-26)7-10-23-21(28)18-6-5-16-3-1-2-4-17(16)13-18/h1-6,13-15,19H,7-12H2,(H,23,28). The normalized spacial score (nSPS) is 14.9. The van der Waals surface area contributed by atoms with Crippen LogP contribution in [0.2, 0.25) is 0 Å². The third kappa shape index (κ3) is 4.03. The average Bonchev–Trinajstić information content (AvgIpc) is 3.28. The molecule has 0 saturated carbocycles. The van der Waals surface area contributed by atoms with E-state index in [1.165, 1.54) is 6.33 Å². The number of benzene rings is 2. The van der Waals surface area contributed by atoms with Gasteiger partial charge in [-0.1, -0.05) is 30.3 Å². The fourth-order valence-corrected chi connectivity index (χ4v) is 3.66. The number of nitrogens with one attached hydrogen (secondary N) is 1. The monoisotopic (exact) mass is 377 g/mol. The first-order valence-electron chi connectivity index (χ1n) is 9.59. The van der Waals surface area contributed by atoms with Crippen LogP contribution in [0.4, 0.5) is 0 Å². The molecule has 0 spiro atoms. The minimum Gasteiger partial charge on any atom is -0.352 e. The minimum absolute atomic E-state index is 0.0795. The third-order valence-corrected chi connectivity index (χ3v) is 5.26. The molecule has 1 fully saturated rings. The van der Waals surface area contributed by atoms with Gasteiger partial charge in [0.25, 0.3) is 5.91 Å². The van der Waals surface area contributed by atoms with Gasteiger partial charge in [0.1, 0.15) is 12.7 Å². The highest BCUT2D eigenvalue weighted by molar-refractivity contribution is 5.98. The smallest absolute Gasteiger partial charge is 0.251 e. The van der Waals surface area contributed by atoms with Crippen LogP contribution in [0.5, 0.6) is 0 Å². The van der Waals surface area contributed by atoms with E-state index >= 15 is 0 Å². The Balaban J connectivity index is 1.24. The van der Waals surface area contributed by atoms with Gasteiger partial charge < -0.3 is 10.2 Å². The molecule has 1 N–H and O–H groups in total. The summed E-state index contributed by atoms with van der Waals surface area (Å²) in [5.41, 5.74) is 0.611. The van der Waals surface area contributed by atoms with Crippen molar-refractivity contribution in [3.63, 3.8) is 0 Å². The largest absolute Gasteiger partial charge is 0.352 e. The van der Waals surface area contributed by atoms with Gasteiger partial charge in [0, 0.05) is 31.6 Å². The number of carbonyl (C=O) groups excluding carboxylic acids is 2.